The van der Waals surface area contributed by atoms with Crippen LogP contribution < -0.4 is 11.3 Å². The van der Waals surface area contributed by atoms with Gasteiger partial charge in [0.25, 0.3) is 0 Å². The molecule has 3 N–H and O–H groups in total. The van der Waals surface area contributed by atoms with Gasteiger partial charge in [-0.05, 0) is 32.0 Å². The number of hydrazine groups is 1. The fourth-order valence-electron chi connectivity index (χ4n) is 1.92. The van der Waals surface area contributed by atoms with Crippen LogP contribution in [0.25, 0.3) is 11.0 Å². The molecule has 0 saturated carbocycles. The first-order valence-electron chi connectivity index (χ1n) is 5.64. The molecule has 92 valence electrons. The minimum Gasteiger partial charge on any atom is -0.459 e. The zero-order valence-corrected chi connectivity index (χ0v) is 10.4. The second kappa shape index (κ2) is 4.87. The van der Waals surface area contributed by atoms with Crippen LogP contribution in [0.1, 0.15) is 24.3 Å². The minimum atomic E-state index is -0.146. The van der Waals surface area contributed by atoms with Gasteiger partial charge in [-0.25, -0.2) is 5.43 Å². The van der Waals surface area contributed by atoms with Gasteiger partial charge in [-0.2, -0.15) is 0 Å². The summed E-state index contributed by atoms with van der Waals surface area (Å²) < 4.78 is 11.1. The molecule has 4 nitrogen and oxygen atoms in total. The average molecular weight is 234 g/mol. The van der Waals surface area contributed by atoms with Gasteiger partial charge in [-0.1, -0.05) is 11.6 Å². The van der Waals surface area contributed by atoms with Gasteiger partial charge in [0.1, 0.15) is 17.4 Å². The van der Waals surface area contributed by atoms with Gasteiger partial charge in [0.05, 0.1) is 6.10 Å². The maximum Gasteiger partial charge on any atom is 0.134 e. The lowest BCUT2D eigenvalue weighted by atomic mass is 10.1. The normalized spacial score (nSPS) is 15.1. The van der Waals surface area contributed by atoms with Crippen LogP contribution in [0.3, 0.4) is 0 Å². The first-order valence-corrected chi connectivity index (χ1v) is 5.64. The predicted octanol–water partition coefficient (Wildman–Crippen LogP) is 2.28. The lowest BCUT2D eigenvalue weighted by molar-refractivity contribution is 0.0761. The monoisotopic (exact) mass is 234 g/mol. The molecule has 0 fully saturated rings. The lowest BCUT2D eigenvalue weighted by Crippen LogP contribution is -2.35. The first-order chi connectivity index (χ1) is 8.15. The van der Waals surface area contributed by atoms with E-state index in [1.54, 1.807) is 7.11 Å². The molecule has 0 spiro atoms. The third-order valence-corrected chi connectivity index (χ3v) is 3.02. The van der Waals surface area contributed by atoms with Crippen LogP contribution >= 0.6 is 0 Å². The number of benzene rings is 1. The van der Waals surface area contributed by atoms with Crippen LogP contribution in [0.2, 0.25) is 0 Å². The molecule has 17 heavy (non-hydrogen) atoms. The molecule has 0 bridgehead atoms. The van der Waals surface area contributed by atoms with Crippen molar-refractivity contribution >= 4 is 11.0 Å². The molecule has 2 aromatic rings. The maximum absolute atomic E-state index is 5.78. The molecule has 0 aliphatic heterocycles. The van der Waals surface area contributed by atoms with Crippen molar-refractivity contribution in [3.63, 3.8) is 0 Å². The van der Waals surface area contributed by atoms with Crippen molar-refractivity contribution in [2.45, 2.75) is 26.0 Å². The summed E-state index contributed by atoms with van der Waals surface area (Å²) in [5.74, 6) is 6.34. The zero-order chi connectivity index (χ0) is 12.4. The molecule has 2 rings (SSSR count). The number of aryl methyl sites for hydroxylation is 1. The Balaban J connectivity index is 2.41. The van der Waals surface area contributed by atoms with Crippen molar-refractivity contribution in [3.8, 4) is 0 Å². The van der Waals surface area contributed by atoms with Crippen LogP contribution in [-0.2, 0) is 4.74 Å². The number of nitrogens with two attached hydrogens (primary N) is 1. The number of furan rings is 1. The van der Waals surface area contributed by atoms with Crippen LogP contribution in [0.15, 0.2) is 28.7 Å². The van der Waals surface area contributed by atoms with Crippen molar-refractivity contribution in [2.24, 2.45) is 5.84 Å². The summed E-state index contributed by atoms with van der Waals surface area (Å²) in [4.78, 5) is 0. The summed E-state index contributed by atoms with van der Waals surface area (Å²) in [6, 6.07) is 7.95. The third-order valence-electron chi connectivity index (χ3n) is 3.02. The second-order valence-electron chi connectivity index (χ2n) is 4.28. The molecular weight excluding hydrogens is 216 g/mol. The summed E-state index contributed by atoms with van der Waals surface area (Å²) in [7, 11) is 1.65. The van der Waals surface area contributed by atoms with Gasteiger partial charge >= 0.3 is 0 Å². The van der Waals surface area contributed by atoms with Crippen molar-refractivity contribution in [1.29, 1.82) is 0 Å². The Labute approximate surface area is 101 Å². The quantitative estimate of drug-likeness (QED) is 0.629. The highest BCUT2D eigenvalue weighted by atomic mass is 16.5. The Morgan fingerprint density at radius 3 is 2.76 bits per heavy atom. The van der Waals surface area contributed by atoms with E-state index in [2.05, 4.69) is 18.4 Å². The van der Waals surface area contributed by atoms with Gasteiger partial charge in [-0.15, -0.1) is 0 Å². The highest BCUT2D eigenvalue weighted by Gasteiger charge is 2.21. The molecule has 1 heterocycles. The van der Waals surface area contributed by atoms with Crippen LogP contribution in [-0.4, -0.2) is 13.2 Å². The Bertz CT molecular complexity index is 507. The number of hydrogen-bond acceptors (Lipinski definition) is 4. The molecule has 4 heteroatoms. The van der Waals surface area contributed by atoms with Crippen molar-refractivity contribution < 1.29 is 9.15 Å². The van der Waals surface area contributed by atoms with Crippen molar-refractivity contribution in [2.75, 3.05) is 7.11 Å². The number of nitrogens with one attached hydrogen (secondary N) is 1. The minimum absolute atomic E-state index is 0.0540. The number of hydrogen-bond donors (Lipinski definition) is 2. The van der Waals surface area contributed by atoms with E-state index < -0.39 is 0 Å². The predicted molar refractivity (Wildman–Crippen MR) is 67.5 cm³/mol. The zero-order valence-electron chi connectivity index (χ0n) is 10.4. The average Bonchev–Trinajstić information content (AvgIpc) is 2.72. The van der Waals surface area contributed by atoms with Gasteiger partial charge in [0.2, 0.25) is 0 Å². The van der Waals surface area contributed by atoms with Crippen LogP contribution in [0.5, 0.6) is 0 Å². The standard InChI is InChI=1S/C13H18N2O2/c1-8-4-5-11-10(6-8)7-12(17-11)13(15-14)9(2)16-3/h4-7,9,13,15H,14H2,1-3H3. The van der Waals surface area contributed by atoms with E-state index in [9.17, 15) is 0 Å². The van der Waals surface area contributed by atoms with E-state index in [1.165, 1.54) is 5.56 Å². The van der Waals surface area contributed by atoms with E-state index in [0.29, 0.717) is 0 Å². The summed E-state index contributed by atoms with van der Waals surface area (Å²) in [6.45, 7) is 4.01. The summed E-state index contributed by atoms with van der Waals surface area (Å²) >= 11 is 0. The highest BCUT2D eigenvalue weighted by molar-refractivity contribution is 5.78. The molecule has 1 aromatic heterocycles. The van der Waals surface area contributed by atoms with E-state index >= 15 is 0 Å². The number of fused-ring (bicyclic) bond motifs is 1. The van der Waals surface area contributed by atoms with E-state index in [1.807, 2.05) is 25.1 Å². The summed E-state index contributed by atoms with van der Waals surface area (Å²) in [5.41, 5.74) is 4.81. The molecular formula is C13H18N2O2. The lowest BCUT2D eigenvalue weighted by Gasteiger charge is -2.19. The Morgan fingerprint density at radius 2 is 2.12 bits per heavy atom. The smallest absolute Gasteiger partial charge is 0.134 e. The van der Waals surface area contributed by atoms with Gasteiger partial charge in [0, 0.05) is 12.5 Å². The van der Waals surface area contributed by atoms with Crippen LogP contribution in [0.4, 0.5) is 0 Å². The fourth-order valence-corrected chi connectivity index (χ4v) is 1.92. The van der Waals surface area contributed by atoms with Gasteiger partial charge in [-0.3, -0.25) is 5.84 Å². The molecule has 0 radical (unpaired) electrons. The number of ether oxygens (including phenoxy) is 1. The molecule has 0 saturated heterocycles. The molecule has 0 amide bonds. The fraction of sp³-hybridized carbons (Fsp3) is 0.385. The second-order valence-corrected chi connectivity index (χ2v) is 4.28. The van der Waals surface area contributed by atoms with E-state index in [4.69, 9.17) is 15.0 Å². The first kappa shape index (κ1) is 12.1. The number of methoxy groups -OCH3 is 1. The number of rotatable bonds is 4. The molecule has 2 atom stereocenters. The van der Waals surface area contributed by atoms with E-state index in [-0.39, 0.29) is 12.1 Å². The van der Waals surface area contributed by atoms with Crippen LogP contribution in [0, 0.1) is 6.92 Å². The molecule has 0 aliphatic carbocycles. The van der Waals surface area contributed by atoms with Gasteiger partial charge < -0.3 is 9.15 Å². The summed E-state index contributed by atoms with van der Waals surface area (Å²) in [6.07, 6.45) is -0.0540. The van der Waals surface area contributed by atoms with E-state index in [0.717, 1.165) is 16.7 Å². The SMILES string of the molecule is COC(C)C(NN)c1cc2cc(C)ccc2o1. The summed E-state index contributed by atoms with van der Waals surface area (Å²) in [5, 5.41) is 1.09. The molecule has 0 aliphatic rings. The topological polar surface area (TPSA) is 60.4 Å². The van der Waals surface area contributed by atoms with Crippen molar-refractivity contribution in [3.05, 3.63) is 35.6 Å². The largest absolute Gasteiger partial charge is 0.459 e. The highest BCUT2D eigenvalue weighted by Crippen LogP contribution is 2.26. The molecule has 1 aromatic carbocycles. The van der Waals surface area contributed by atoms with Gasteiger partial charge in [0.15, 0.2) is 0 Å². The Kier molecular flexibility index (Phi) is 3.47. The Hall–Kier alpha value is -1.36. The third kappa shape index (κ3) is 2.34. The maximum atomic E-state index is 5.78. The molecule has 2 unspecified atom stereocenters. The Morgan fingerprint density at radius 1 is 1.35 bits per heavy atom. The van der Waals surface area contributed by atoms with Crippen molar-refractivity contribution in [1.82, 2.24) is 5.43 Å².